The van der Waals surface area contributed by atoms with Crippen molar-refractivity contribution in [2.75, 3.05) is 21.3 Å². The Morgan fingerprint density at radius 2 is 1.67 bits per heavy atom. The molecule has 1 aliphatic heterocycles. The van der Waals surface area contributed by atoms with Crippen molar-refractivity contribution < 1.29 is 19.7 Å². The van der Waals surface area contributed by atoms with Crippen molar-refractivity contribution in [2.24, 2.45) is 0 Å². The van der Waals surface area contributed by atoms with Crippen LogP contribution in [0.2, 0.25) is 0 Å². The lowest BCUT2D eigenvalue weighted by Gasteiger charge is -2.39. The standard InChI is InChI=1S/C25H29NO4/c1-13-9-17-16(7-8-21(29-5)25(17)19(27)10-13)24-18-11-14(2)26(4)15(3)23(18)22(30-6)12-20(24)28/h7-10,12,14-15,27-28H,11H2,1-6H3/t14-,15-/m1/s1. The second kappa shape index (κ2) is 7.40. The summed E-state index contributed by atoms with van der Waals surface area (Å²) in [4.78, 5) is 2.33. The summed E-state index contributed by atoms with van der Waals surface area (Å²) in [6.07, 6.45) is 0.793. The molecule has 1 aliphatic rings. The highest BCUT2D eigenvalue weighted by molar-refractivity contribution is 6.05. The number of aromatic hydroxyl groups is 2. The number of hydrogen-bond donors (Lipinski definition) is 2. The Bertz CT molecular complexity index is 1140. The molecule has 158 valence electrons. The van der Waals surface area contributed by atoms with Gasteiger partial charge in [-0.15, -0.1) is 0 Å². The second-order valence-corrected chi connectivity index (χ2v) is 8.28. The van der Waals surface area contributed by atoms with Crippen LogP contribution in [-0.4, -0.2) is 42.4 Å². The number of likely N-dealkylation sites (N-methyl/N-ethyl adjacent to an activating group) is 1. The zero-order valence-electron chi connectivity index (χ0n) is 18.4. The van der Waals surface area contributed by atoms with Gasteiger partial charge in [-0.25, -0.2) is 0 Å². The Morgan fingerprint density at radius 3 is 2.33 bits per heavy atom. The molecule has 3 aromatic rings. The van der Waals surface area contributed by atoms with Gasteiger partial charge in [-0.3, -0.25) is 4.90 Å². The maximum atomic E-state index is 11.1. The molecule has 5 heteroatoms. The van der Waals surface area contributed by atoms with E-state index >= 15 is 0 Å². The van der Waals surface area contributed by atoms with Crippen molar-refractivity contribution in [3.63, 3.8) is 0 Å². The molecule has 2 atom stereocenters. The zero-order chi connectivity index (χ0) is 21.7. The van der Waals surface area contributed by atoms with Gasteiger partial charge in [0.2, 0.25) is 0 Å². The minimum Gasteiger partial charge on any atom is -0.507 e. The highest BCUT2D eigenvalue weighted by Gasteiger charge is 2.33. The van der Waals surface area contributed by atoms with Crippen molar-refractivity contribution in [3.8, 4) is 34.1 Å². The van der Waals surface area contributed by atoms with E-state index in [1.807, 2.05) is 25.1 Å². The Kier molecular flexibility index (Phi) is 5.02. The van der Waals surface area contributed by atoms with Crippen LogP contribution in [0.5, 0.6) is 23.0 Å². The Balaban J connectivity index is 2.12. The van der Waals surface area contributed by atoms with Crippen LogP contribution < -0.4 is 9.47 Å². The molecule has 0 radical (unpaired) electrons. The summed E-state index contributed by atoms with van der Waals surface area (Å²) in [7, 11) is 5.36. The number of nitrogens with zero attached hydrogens (tertiary/aromatic N) is 1. The van der Waals surface area contributed by atoms with Gasteiger partial charge in [-0.05, 0) is 74.5 Å². The first-order chi connectivity index (χ1) is 14.3. The number of benzene rings is 3. The molecule has 0 fully saturated rings. The van der Waals surface area contributed by atoms with E-state index in [0.29, 0.717) is 22.9 Å². The molecule has 2 N–H and O–H groups in total. The summed E-state index contributed by atoms with van der Waals surface area (Å²) in [5.74, 6) is 1.66. The molecule has 0 amide bonds. The monoisotopic (exact) mass is 407 g/mol. The molecular weight excluding hydrogens is 378 g/mol. The third kappa shape index (κ3) is 2.96. The quantitative estimate of drug-likeness (QED) is 0.626. The van der Waals surface area contributed by atoms with E-state index in [1.165, 1.54) is 0 Å². The van der Waals surface area contributed by atoms with Crippen LogP contribution in [0, 0.1) is 6.92 Å². The van der Waals surface area contributed by atoms with Gasteiger partial charge in [0.1, 0.15) is 23.0 Å². The highest BCUT2D eigenvalue weighted by Crippen LogP contribution is 2.49. The minimum absolute atomic E-state index is 0.151. The average molecular weight is 408 g/mol. The second-order valence-electron chi connectivity index (χ2n) is 8.28. The summed E-state index contributed by atoms with van der Waals surface area (Å²) in [5.41, 5.74) is 4.82. The SMILES string of the molecule is COc1cc(O)c(-c2ccc(OC)c3c(O)cc(C)cc23)c2c1[C@@H](C)N(C)[C@H](C)C2. The smallest absolute Gasteiger partial charge is 0.130 e. The first-order valence-corrected chi connectivity index (χ1v) is 10.2. The maximum Gasteiger partial charge on any atom is 0.130 e. The van der Waals surface area contributed by atoms with Crippen LogP contribution in [0.15, 0.2) is 30.3 Å². The van der Waals surface area contributed by atoms with Crippen molar-refractivity contribution in [1.29, 1.82) is 0 Å². The molecule has 30 heavy (non-hydrogen) atoms. The lowest BCUT2D eigenvalue weighted by atomic mass is 9.82. The van der Waals surface area contributed by atoms with Gasteiger partial charge >= 0.3 is 0 Å². The lowest BCUT2D eigenvalue weighted by Crippen LogP contribution is -2.38. The molecule has 4 rings (SSSR count). The normalized spacial score (nSPS) is 19.0. The number of ether oxygens (including phenoxy) is 2. The number of rotatable bonds is 3. The largest absolute Gasteiger partial charge is 0.507 e. The molecule has 0 aliphatic carbocycles. The number of fused-ring (bicyclic) bond motifs is 2. The molecule has 0 bridgehead atoms. The predicted octanol–water partition coefficient (Wildman–Crippen LogP) is 5.18. The minimum atomic E-state index is 0.151. The van der Waals surface area contributed by atoms with E-state index in [1.54, 1.807) is 26.4 Å². The fourth-order valence-electron chi connectivity index (χ4n) is 4.84. The Hall–Kier alpha value is -2.92. The zero-order valence-corrected chi connectivity index (χ0v) is 18.4. The molecule has 0 unspecified atom stereocenters. The van der Waals surface area contributed by atoms with Crippen LogP contribution in [0.4, 0.5) is 0 Å². The van der Waals surface area contributed by atoms with Crippen molar-refractivity contribution in [3.05, 3.63) is 47.0 Å². The fraction of sp³-hybridized carbons (Fsp3) is 0.360. The average Bonchev–Trinajstić information content (AvgIpc) is 2.71. The predicted molar refractivity (Wildman–Crippen MR) is 120 cm³/mol. The molecule has 1 heterocycles. The van der Waals surface area contributed by atoms with E-state index < -0.39 is 0 Å². The van der Waals surface area contributed by atoms with E-state index in [-0.39, 0.29) is 17.5 Å². The topological polar surface area (TPSA) is 62.2 Å². The van der Waals surface area contributed by atoms with Gasteiger partial charge in [0.05, 0.1) is 19.6 Å². The molecular formula is C25H29NO4. The van der Waals surface area contributed by atoms with E-state index in [0.717, 1.165) is 39.6 Å². The van der Waals surface area contributed by atoms with Crippen molar-refractivity contribution in [1.82, 2.24) is 4.90 Å². The molecule has 0 saturated carbocycles. The van der Waals surface area contributed by atoms with Crippen LogP contribution in [-0.2, 0) is 6.42 Å². The molecule has 0 saturated heterocycles. The highest BCUT2D eigenvalue weighted by atomic mass is 16.5. The van der Waals surface area contributed by atoms with Gasteiger partial charge in [-0.1, -0.05) is 6.07 Å². The van der Waals surface area contributed by atoms with Gasteiger partial charge in [0.25, 0.3) is 0 Å². The van der Waals surface area contributed by atoms with E-state index in [9.17, 15) is 10.2 Å². The first-order valence-electron chi connectivity index (χ1n) is 10.2. The molecule has 0 spiro atoms. The van der Waals surface area contributed by atoms with Crippen LogP contribution in [0.3, 0.4) is 0 Å². The summed E-state index contributed by atoms with van der Waals surface area (Å²) < 4.78 is 11.2. The maximum absolute atomic E-state index is 11.1. The summed E-state index contributed by atoms with van der Waals surface area (Å²) in [6, 6.07) is 9.76. The van der Waals surface area contributed by atoms with Crippen LogP contribution in [0.1, 0.15) is 36.6 Å². The third-order valence-corrected chi connectivity index (χ3v) is 6.55. The lowest BCUT2D eigenvalue weighted by molar-refractivity contribution is 0.175. The number of aryl methyl sites for hydroxylation is 1. The summed E-state index contributed by atoms with van der Waals surface area (Å²) >= 11 is 0. The molecule has 3 aromatic carbocycles. The van der Waals surface area contributed by atoms with Crippen molar-refractivity contribution in [2.45, 2.75) is 39.3 Å². The summed E-state index contributed by atoms with van der Waals surface area (Å²) in [5, 5.41) is 23.3. The van der Waals surface area contributed by atoms with Gasteiger partial charge < -0.3 is 19.7 Å². The van der Waals surface area contributed by atoms with Gasteiger partial charge in [0.15, 0.2) is 0 Å². The number of phenols is 2. The van der Waals surface area contributed by atoms with Crippen molar-refractivity contribution >= 4 is 10.8 Å². The number of hydrogen-bond acceptors (Lipinski definition) is 5. The Morgan fingerprint density at radius 1 is 0.967 bits per heavy atom. The van der Waals surface area contributed by atoms with E-state index in [4.69, 9.17) is 9.47 Å². The third-order valence-electron chi connectivity index (χ3n) is 6.55. The Labute approximate surface area is 177 Å². The summed E-state index contributed by atoms with van der Waals surface area (Å²) in [6.45, 7) is 6.31. The number of phenolic OH excluding ortho intramolecular Hbond substituents is 2. The van der Waals surface area contributed by atoms with Crippen LogP contribution >= 0.6 is 0 Å². The van der Waals surface area contributed by atoms with Gasteiger partial charge in [-0.2, -0.15) is 0 Å². The van der Waals surface area contributed by atoms with E-state index in [2.05, 4.69) is 25.8 Å². The first kappa shape index (κ1) is 20.4. The van der Waals surface area contributed by atoms with Crippen LogP contribution in [0.25, 0.3) is 21.9 Å². The molecule has 0 aromatic heterocycles. The molecule has 5 nitrogen and oxygen atoms in total. The van der Waals surface area contributed by atoms with Gasteiger partial charge in [0, 0.05) is 29.3 Å². The fourth-order valence-corrected chi connectivity index (χ4v) is 4.84. The number of methoxy groups -OCH3 is 2.